The van der Waals surface area contributed by atoms with Crippen LogP contribution in [-0.4, -0.2) is 19.0 Å². The van der Waals surface area contributed by atoms with Gasteiger partial charge in [-0.3, -0.25) is 4.90 Å². The van der Waals surface area contributed by atoms with Gasteiger partial charge in [-0.15, -0.1) is 11.8 Å². The van der Waals surface area contributed by atoms with E-state index >= 15 is 0 Å². The normalized spacial score (nSPS) is 20.1. The lowest BCUT2D eigenvalue weighted by atomic mass is 10.1. The minimum atomic E-state index is 0.412. The lowest BCUT2D eigenvalue weighted by molar-refractivity contribution is 0.394. The van der Waals surface area contributed by atoms with E-state index < -0.39 is 0 Å². The van der Waals surface area contributed by atoms with Gasteiger partial charge in [-0.1, -0.05) is 54.6 Å². The summed E-state index contributed by atoms with van der Waals surface area (Å²) in [5.74, 6) is 0. The number of rotatable bonds is 2. The van der Waals surface area contributed by atoms with Gasteiger partial charge in [0.25, 0.3) is 0 Å². The van der Waals surface area contributed by atoms with Gasteiger partial charge in [-0.05, 0) is 53.4 Å². The smallest absolute Gasteiger partial charge is 0.0863 e. The van der Waals surface area contributed by atoms with Crippen LogP contribution < -0.4 is 0 Å². The number of nitrogens with zero attached hydrogens (tertiary/aromatic N) is 1. The standard InChI is InChI=1S/C17H16INS/c1-19(2)17-14-11-7-6-10-13(14)16(20-17)15(18)12-8-4-3-5-9-12/h3-11,17H,1-2H3/b16-15+. The van der Waals surface area contributed by atoms with Crippen molar-refractivity contribution in [3.05, 3.63) is 71.3 Å². The van der Waals surface area contributed by atoms with Crippen molar-refractivity contribution >= 4 is 42.8 Å². The topological polar surface area (TPSA) is 3.24 Å². The van der Waals surface area contributed by atoms with Crippen LogP contribution in [-0.2, 0) is 0 Å². The summed E-state index contributed by atoms with van der Waals surface area (Å²) in [6, 6.07) is 19.4. The van der Waals surface area contributed by atoms with Crippen LogP contribution in [0, 0.1) is 0 Å². The van der Waals surface area contributed by atoms with Crippen molar-refractivity contribution in [3.63, 3.8) is 0 Å². The zero-order valence-electron chi connectivity index (χ0n) is 11.5. The molecule has 1 unspecified atom stereocenters. The van der Waals surface area contributed by atoms with E-state index in [1.165, 1.54) is 25.2 Å². The molecule has 0 saturated carbocycles. The molecule has 0 bridgehead atoms. The Bertz CT molecular complexity index is 649. The van der Waals surface area contributed by atoms with Crippen LogP contribution in [0.1, 0.15) is 22.1 Å². The summed E-state index contributed by atoms with van der Waals surface area (Å²) < 4.78 is 1.34. The first-order chi connectivity index (χ1) is 9.68. The molecule has 0 radical (unpaired) electrons. The van der Waals surface area contributed by atoms with Gasteiger partial charge in [0, 0.05) is 8.48 Å². The minimum absolute atomic E-state index is 0.412. The quantitative estimate of drug-likeness (QED) is 0.641. The highest BCUT2D eigenvalue weighted by Crippen LogP contribution is 2.54. The molecule has 0 N–H and O–H groups in total. The Morgan fingerprint density at radius 1 is 1.00 bits per heavy atom. The summed E-state index contributed by atoms with van der Waals surface area (Å²) in [5.41, 5.74) is 4.09. The Hall–Kier alpha value is -0.780. The summed E-state index contributed by atoms with van der Waals surface area (Å²) in [5, 5.41) is 0.412. The Balaban J connectivity index is 2.13. The number of thioether (sulfide) groups is 1. The highest BCUT2D eigenvalue weighted by atomic mass is 127. The molecule has 0 aromatic heterocycles. The third-order valence-corrected chi connectivity index (χ3v) is 6.48. The third-order valence-electron chi connectivity index (χ3n) is 3.40. The van der Waals surface area contributed by atoms with Crippen molar-refractivity contribution in [1.82, 2.24) is 4.90 Å². The lowest BCUT2D eigenvalue weighted by Gasteiger charge is -2.18. The fraction of sp³-hybridized carbons (Fsp3) is 0.176. The van der Waals surface area contributed by atoms with Gasteiger partial charge in [-0.2, -0.15) is 0 Å². The van der Waals surface area contributed by atoms with Crippen molar-refractivity contribution < 1.29 is 0 Å². The van der Waals surface area contributed by atoms with Crippen LogP contribution >= 0.6 is 34.4 Å². The van der Waals surface area contributed by atoms with Crippen LogP contribution in [0.4, 0.5) is 0 Å². The average molecular weight is 393 g/mol. The maximum atomic E-state index is 2.48. The largest absolute Gasteiger partial charge is 0.294 e. The zero-order valence-corrected chi connectivity index (χ0v) is 14.5. The van der Waals surface area contributed by atoms with Crippen molar-refractivity contribution in [2.45, 2.75) is 5.37 Å². The second-order valence-corrected chi connectivity index (χ2v) is 7.20. The summed E-state index contributed by atoms with van der Waals surface area (Å²) >= 11 is 4.43. The van der Waals surface area contributed by atoms with Crippen molar-refractivity contribution in [3.8, 4) is 0 Å². The van der Waals surface area contributed by atoms with Gasteiger partial charge in [0.15, 0.2) is 0 Å². The lowest BCUT2D eigenvalue weighted by Crippen LogP contribution is -2.14. The zero-order chi connectivity index (χ0) is 14.1. The molecule has 102 valence electrons. The molecule has 0 spiro atoms. The SMILES string of the molecule is CN(C)C1S/C(=C(/I)c2ccccc2)c2ccccc21. The van der Waals surface area contributed by atoms with Crippen LogP contribution in [0.15, 0.2) is 54.6 Å². The monoisotopic (exact) mass is 393 g/mol. The van der Waals surface area contributed by atoms with E-state index in [2.05, 4.69) is 96.2 Å². The molecule has 3 rings (SSSR count). The fourth-order valence-electron chi connectivity index (χ4n) is 2.43. The molecule has 1 atom stereocenters. The fourth-order valence-corrected chi connectivity index (χ4v) is 4.76. The number of fused-ring (bicyclic) bond motifs is 1. The molecule has 1 aliphatic rings. The van der Waals surface area contributed by atoms with E-state index in [1.807, 2.05) is 11.8 Å². The van der Waals surface area contributed by atoms with Gasteiger partial charge in [-0.25, -0.2) is 0 Å². The molecule has 0 fully saturated rings. The predicted octanol–water partition coefficient (Wildman–Crippen LogP) is 5.25. The first-order valence-electron chi connectivity index (χ1n) is 6.56. The Morgan fingerprint density at radius 3 is 2.35 bits per heavy atom. The van der Waals surface area contributed by atoms with Crippen LogP contribution in [0.5, 0.6) is 0 Å². The molecule has 1 heterocycles. The third kappa shape index (κ3) is 2.54. The predicted molar refractivity (Wildman–Crippen MR) is 97.7 cm³/mol. The van der Waals surface area contributed by atoms with Gasteiger partial charge in [0.2, 0.25) is 0 Å². The molecular weight excluding hydrogens is 377 g/mol. The maximum absolute atomic E-state index is 2.48. The number of benzene rings is 2. The van der Waals surface area contributed by atoms with Crippen molar-refractivity contribution in [2.75, 3.05) is 14.1 Å². The molecule has 3 heteroatoms. The Kier molecular flexibility index (Phi) is 4.19. The first-order valence-corrected chi connectivity index (χ1v) is 8.52. The van der Waals surface area contributed by atoms with E-state index in [0.717, 1.165) is 0 Å². The summed E-state index contributed by atoms with van der Waals surface area (Å²) in [7, 11) is 4.29. The number of hydrogen-bond donors (Lipinski definition) is 0. The van der Waals surface area contributed by atoms with Gasteiger partial charge in [0.05, 0.1) is 5.37 Å². The summed E-state index contributed by atoms with van der Waals surface area (Å²) in [6.45, 7) is 0. The highest BCUT2D eigenvalue weighted by molar-refractivity contribution is 14.1. The molecule has 2 aromatic rings. The van der Waals surface area contributed by atoms with Crippen LogP contribution in [0.3, 0.4) is 0 Å². The summed E-state index contributed by atoms with van der Waals surface area (Å²) in [6.07, 6.45) is 0. The van der Waals surface area contributed by atoms with Gasteiger partial charge >= 0.3 is 0 Å². The number of halogens is 1. The van der Waals surface area contributed by atoms with E-state index in [1.54, 1.807) is 0 Å². The molecule has 2 aromatic carbocycles. The maximum Gasteiger partial charge on any atom is 0.0863 e. The highest BCUT2D eigenvalue weighted by Gasteiger charge is 2.30. The molecule has 0 amide bonds. The Morgan fingerprint density at radius 2 is 1.65 bits per heavy atom. The number of hydrogen-bond acceptors (Lipinski definition) is 2. The second kappa shape index (κ2) is 5.92. The molecule has 1 nitrogen and oxygen atoms in total. The molecular formula is C17H16INS. The van der Waals surface area contributed by atoms with Crippen LogP contribution in [0.25, 0.3) is 8.48 Å². The summed E-state index contributed by atoms with van der Waals surface area (Å²) in [4.78, 5) is 3.68. The van der Waals surface area contributed by atoms with Crippen molar-refractivity contribution in [2.24, 2.45) is 0 Å². The second-order valence-electron chi connectivity index (χ2n) is 5.03. The van der Waals surface area contributed by atoms with E-state index in [4.69, 9.17) is 0 Å². The average Bonchev–Trinajstić information content (AvgIpc) is 2.87. The molecule has 20 heavy (non-hydrogen) atoms. The molecule has 0 saturated heterocycles. The van der Waals surface area contributed by atoms with Gasteiger partial charge in [0.1, 0.15) is 0 Å². The van der Waals surface area contributed by atoms with E-state index in [-0.39, 0.29) is 0 Å². The van der Waals surface area contributed by atoms with Gasteiger partial charge < -0.3 is 0 Å². The minimum Gasteiger partial charge on any atom is -0.294 e. The van der Waals surface area contributed by atoms with E-state index in [0.29, 0.717) is 5.37 Å². The molecule has 0 aliphatic carbocycles. The van der Waals surface area contributed by atoms with E-state index in [9.17, 15) is 0 Å². The Labute approximate surface area is 138 Å². The molecule has 1 aliphatic heterocycles. The first kappa shape index (κ1) is 14.2. The van der Waals surface area contributed by atoms with Crippen molar-refractivity contribution in [1.29, 1.82) is 0 Å². The van der Waals surface area contributed by atoms with Crippen LogP contribution in [0.2, 0.25) is 0 Å².